The molecule has 0 aliphatic carbocycles. The number of nitrogens with zero attached hydrogens (tertiary/aromatic N) is 1. The molecule has 0 radical (unpaired) electrons. The smallest absolute Gasteiger partial charge is 0.225 e. The van der Waals surface area contributed by atoms with Gasteiger partial charge in [0.1, 0.15) is 5.82 Å². The zero-order valence-corrected chi connectivity index (χ0v) is 15.1. The van der Waals surface area contributed by atoms with E-state index >= 15 is 0 Å². The minimum absolute atomic E-state index is 0.125. The second kappa shape index (κ2) is 9.31. The zero-order valence-electron chi connectivity index (χ0n) is 14.3. The lowest BCUT2D eigenvalue weighted by Crippen LogP contribution is -2.37. The second-order valence-electron chi connectivity index (χ2n) is 6.27. The van der Waals surface area contributed by atoms with E-state index in [2.05, 4.69) is 13.8 Å². The van der Waals surface area contributed by atoms with Gasteiger partial charge in [-0.25, -0.2) is 4.39 Å². The van der Waals surface area contributed by atoms with Crippen LogP contribution in [0.25, 0.3) is 0 Å². The third kappa shape index (κ3) is 4.97. The van der Waals surface area contributed by atoms with Gasteiger partial charge in [0.15, 0.2) is 0 Å². The van der Waals surface area contributed by atoms with Gasteiger partial charge in [-0.3, -0.25) is 4.79 Å². The molecule has 0 N–H and O–H groups in total. The van der Waals surface area contributed by atoms with Crippen molar-refractivity contribution < 1.29 is 9.18 Å². The van der Waals surface area contributed by atoms with Gasteiger partial charge in [-0.2, -0.15) is 11.8 Å². The highest BCUT2D eigenvalue weighted by Crippen LogP contribution is 2.36. The third-order valence-corrected chi connectivity index (χ3v) is 5.84. The average Bonchev–Trinajstić information content (AvgIpc) is 2.80. The first kappa shape index (κ1) is 18.3. The second-order valence-corrected chi connectivity index (χ2v) is 7.58. The maximum Gasteiger partial charge on any atom is 0.225 e. The number of amides is 1. The predicted octanol–water partition coefficient (Wildman–Crippen LogP) is 5.05. The van der Waals surface area contributed by atoms with Crippen LogP contribution in [0.5, 0.6) is 0 Å². The van der Waals surface area contributed by atoms with Crippen molar-refractivity contribution in [3.05, 3.63) is 35.6 Å². The number of carbonyl (C=O) groups excluding carboxylic acids is 1. The van der Waals surface area contributed by atoms with Gasteiger partial charge in [0.2, 0.25) is 5.91 Å². The first-order chi connectivity index (χ1) is 11.2. The lowest BCUT2D eigenvalue weighted by atomic mass is 9.96. The van der Waals surface area contributed by atoms with Gasteiger partial charge in [-0.1, -0.05) is 44.9 Å². The summed E-state index contributed by atoms with van der Waals surface area (Å²) in [6.45, 7) is 5.82. The van der Waals surface area contributed by atoms with Gasteiger partial charge in [0.05, 0.1) is 0 Å². The van der Waals surface area contributed by atoms with Crippen LogP contribution in [0.3, 0.4) is 0 Å². The normalized spacial score (nSPS) is 19.0. The fraction of sp³-hybridized carbons (Fsp3) is 0.632. The van der Waals surface area contributed by atoms with Crippen LogP contribution in [0, 0.1) is 11.7 Å². The van der Waals surface area contributed by atoms with Crippen molar-refractivity contribution in [1.29, 1.82) is 0 Å². The zero-order chi connectivity index (χ0) is 16.7. The summed E-state index contributed by atoms with van der Waals surface area (Å²) in [6, 6.07) is 7.03. The number of carbonyl (C=O) groups is 1. The molecular weight excluding hydrogens is 309 g/mol. The monoisotopic (exact) mass is 337 g/mol. The molecule has 1 atom stereocenters. The van der Waals surface area contributed by atoms with E-state index in [9.17, 15) is 9.18 Å². The van der Waals surface area contributed by atoms with Gasteiger partial charge in [0.25, 0.3) is 0 Å². The molecule has 1 heterocycles. The van der Waals surface area contributed by atoms with E-state index in [1.165, 1.54) is 6.07 Å². The van der Waals surface area contributed by atoms with Gasteiger partial charge < -0.3 is 4.90 Å². The number of benzene rings is 1. The van der Waals surface area contributed by atoms with Crippen LogP contribution in [0.4, 0.5) is 4.39 Å². The fourth-order valence-corrected chi connectivity index (χ4v) is 4.57. The molecule has 1 aromatic rings. The molecule has 1 saturated heterocycles. The number of hydrogen-bond donors (Lipinski definition) is 0. The fourth-order valence-electron chi connectivity index (χ4n) is 3.32. The minimum Gasteiger partial charge on any atom is -0.342 e. The lowest BCUT2D eigenvalue weighted by Gasteiger charge is -2.26. The average molecular weight is 338 g/mol. The van der Waals surface area contributed by atoms with E-state index < -0.39 is 0 Å². The van der Waals surface area contributed by atoms with Crippen LogP contribution < -0.4 is 0 Å². The third-order valence-electron chi connectivity index (χ3n) is 4.53. The molecule has 1 aromatic carbocycles. The summed E-state index contributed by atoms with van der Waals surface area (Å²) >= 11 is 1.78. The number of hydrogen-bond acceptors (Lipinski definition) is 2. The van der Waals surface area contributed by atoms with Crippen molar-refractivity contribution in [2.24, 2.45) is 5.92 Å². The summed E-state index contributed by atoms with van der Waals surface area (Å²) < 4.78 is 14.0. The highest BCUT2D eigenvalue weighted by atomic mass is 32.2. The van der Waals surface area contributed by atoms with E-state index in [0.29, 0.717) is 5.91 Å². The highest BCUT2D eigenvalue weighted by molar-refractivity contribution is 7.99. The topological polar surface area (TPSA) is 20.3 Å². The molecule has 1 aliphatic heterocycles. The van der Waals surface area contributed by atoms with Gasteiger partial charge in [0, 0.05) is 35.6 Å². The Morgan fingerprint density at radius 2 is 1.96 bits per heavy atom. The number of rotatable bonds is 6. The first-order valence-electron chi connectivity index (χ1n) is 8.82. The first-order valence-corrected chi connectivity index (χ1v) is 9.87. The van der Waals surface area contributed by atoms with Crippen molar-refractivity contribution in [1.82, 2.24) is 4.90 Å². The maximum absolute atomic E-state index is 14.0. The summed E-state index contributed by atoms with van der Waals surface area (Å²) in [7, 11) is 0. The Balaban J connectivity index is 2.00. The molecule has 2 rings (SSSR count). The van der Waals surface area contributed by atoms with Crippen LogP contribution in [-0.2, 0) is 4.79 Å². The predicted molar refractivity (Wildman–Crippen MR) is 96.1 cm³/mol. The van der Waals surface area contributed by atoms with E-state index in [1.807, 2.05) is 17.0 Å². The summed E-state index contributed by atoms with van der Waals surface area (Å²) in [5.74, 6) is 1.23. The number of halogens is 1. The summed E-state index contributed by atoms with van der Waals surface area (Å²) in [5.41, 5.74) is 0.783. The molecule has 1 amide bonds. The Morgan fingerprint density at radius 3 is 2.61 bits per heavy atom. The molecule has 1 fully saturated rings. The van der Waals surface area contributed by atoms with Crippen LogP contribution in [-0.4, -0.2) is 29.6 Å². The standard InChI is InChI=1S/C19H28FNOS/c1-3-7-15(8-4-2)19(22)21-12-11-18(23-14-13-21)16-9-5-6-10-17(16)20/h5-6,9-10,15,18H,3-4,7-8,11-14H2,1-2H3. The van der Waals surface area contributed by atoms with Gasteiger partial charge in [-0.15, -0.1) is 0 Å². The van der Waals surface area contributed by atoms with Crippen LogP contribution >= 0.6 is 11.8 Å². The Labute approximate surface area is 143 Å². The van der Waals surface area contributed by atoms with Crippen molar-refractivity contribution in [3.63, 3.8) is 0 Å². The van der Waals surface area contributed by atoms with Crippen molar-refractivity contribution in [2.75, 3.05) is 18.8 Å². The molecule has 2 nitrogen and oxygen atoms in total. The summed E-state index contributed by atoms with van der Waals surface area (Å²) in [5, 5.41) is 0.157. The van der Waals surface area contributed by atoms with Crippen molar-refractivity contribution in [3.8, 4) is 0 Å². The quantitative estimate of drug-likeness (QED) is 0.724. The van der Waals surface area contributed by atoms with E-state index in [0.717, 1.165) is 56.5 Å². The van der Waals surface area contributed by atoms with Crippen LogP contribution in [0.1, 0.15) is 56.8 Å². The summed E-state index contributed by atoms with van der Waals surface area (Å²) in [6.07, 6.45) is 4.90. The van der Waals surface area contributed by atoms with E-state index in [1.54, 1.807) is 17.8 Å². The molecular formula is C19H28FNOS. The van der Waals surface area contributed by atoms with Crippen LogP contribution in [0.2, 0.25) is 0 Å². The Bertz CT molecular complexity index is 502. The Morgan fingerprint density at radius 1 is 1.26 bits per heavy atom. The molecule has 128 valence electrons. The summed E-state index contributed by atoms with van der Waals surface area (Å²) in [4.78, 5) is 14.8. The van der Waals surface area contributed by atoms with Crippen molar-refractivity contribution in [2.45, 2.75) is 51.2 Å². The molecule has 0 bridgehead atoms. The van der Waals surface area contributed by atoms with Crippen molar-refractivity contribution >= 4 is 17.7 Å². The SMILES string of the molecule is CCCC(CCC)C(=O)N1CCSC(c2ccccc2F)CC1. The molecule has 4 heteroatoms. The highest BCUT2D eigenvalue weighted by Gasteiger charge is 2.27. The Kier molecular flexibility index (Phi) is 7.41. The lowest BCUT2D eigenvalue weighted by molar-refractivity contribution is -0.135. The molecule has 1 aliphatic rings. The molecule has 1 unspecified atom stereocenters. The van der Waals surface area contributed by atoms with E-state index in [4.69, 9.17) is 0 Å². The molecule has 23 heavy (non-hydrogen) atoms. The van der Waals surface area contributed by atoms with Gasteiger partial charge in [-0.05, 0) is 25.3 Å². The van der Waals surface area contributed by atoms with Gasteiger partial charge >= 0.3 is 0 Å². The maximum atomic E-state index is 14.0. The Hall–Kier alpha value is -1.03. The van der Waals surface area contributed by atoms with Crippen LogP contribution in [0.15, 0.2) is 24.3 Å². The minimum atomic E-state index is -0.125. The molecule has 0 spiro atoms. The largest absolute Gasteiger partial charge is 0.342 e. The number of thioether (sulfide) groups is 1. The van der Waals surface area contributed by atoms with E-state index in [-0.39, 0.29) is 17.0 Å². The molecule has 0 saturated carbocycles. The molecule has 0 aromatic heterocycles.